The minimum atomic E-state index is 0.392. The molecule has 0 amide bonds. The van der Waals surface area contributed by atoms with E-state index in [0.717, 1.165) is 35.2 Å². The molecule has 2 heterocycles. The molecule has 1 aliphatic heterocycles. The van der Waals surface area contributed by atoms with E-state index >= 15 is 0 Å². The number of hydrogen-bond donors (Lipinski definition) is 2. The van der Waals surface area contributed by atoms with Crippen molar-refractivity contribution in [2.45, 2.75) is 6.42 Å². The van der Waals surface area contributed by atoms with Crippen molar-refractivity contribution < 1.29 is 0 Å². The summed E-state index contributed by atoms with van der Waals surface area (Å²) in [4.78, 5) is 6.44. The molecule has 4 heteroatoms. The summed E-state index contributed by atoms with van der Waals surface area (Å²) in [5, 5.41) is 12.7. The summed E-state index contributed by atoms with van der Waals surface area (Å²) in [6, 6.07) is 18.2. The number of hydrogen-bond acceptors (Lipinski definition) is 2. The number of fused-ring (bicyclic) bond motifs is 2. The third kappa shape index (κ3) is 2.09. The Hall–Kier alpha value is -2.88. The standard InChI is InChI=1S/C18H16N4/c19-18(22-12-10-13-5-1-2-9-16(13)22)21-15-8-3-6-14-7-4-11-20-17(14)15/h1-9,11H,10,12H2,(H2,19,21). The molecule has 4 nitrogen and oxygen atoms in total. The van der Waals surface area contributed by atoms with Gasteiger partial charge in [-0.25, -0.2) is 0 Å². The zero-order chi connectivity index (χ0) is 14.9. The maximum Gasteiger partial charge on any atom is 0.200 e. The fourth-order valence-electron chi connectivity index (χ4n) is 2.97. The van der Waals surface area contributed by atoms with E-state index in [4.69, 9.17) is 5.41 Å². The van der Waals surface area contributed by atoms with Crippen molar-refractivity contribution in [1.29, 1.82) is 5.41 Å². The van der Waals surface area contributed by atoms with Crippen LogP contribution in [0.1, 0.15) is 5.56 Å². The van der Waals surface area contributed by atoms with Gasteiger partial charge in [-0.1, -0.05) is 36.4 Å². The molecule has 0 bridgehead atoms. The Morgan fingerprint density at radius 3 is 2.86 bits per heavy atom. The Morgan fingerprint density at radius 2 is 1.91 bits per heavy atom. The van der Waals surface area contributed by atoms with Crippen molar-refractivity contribution in [2.75, 3.05) is 16.8 Å². The van der Waals surface area contributed by atoms with Crippen molar-refractivity contribution in [1.82, 2.24) is 4.98 Å². The lowest BCUT2D eigenvalue weighted by Gasteiger charge is -2.21. The first-order valence-electron chi connectivity index (χ1n) is 7.38. The van der Waals surface area contributed by atoms with Gasteiger partial charge in [0.15, 0.2) is 5.96 Å². The first kappa shape index (κ1) is 12.8. The van der Waals surface area contributed by atoms with E-state index in [2.05, 4.69) is 22.4 Å². The Kier molecular flexibility index (Phi) is 3.00. The molecule has 4 rings (SSSR count). The van der Waals surface area contributed by atoms with Gasteiger partial charge in [-0.2, -0.15) is 0 Å². The summed E-state index contributed by atoms with van der Waals surface area (Å²) in [6.07, 6.45) is 2.76. The minimum absolute atomic E-state index is 0.392. The summed E-state index contributed by atoms with van der Waals surface area (Å²) >= 11 is 0. The highest BCUT2D eigenvalue weighted by molar-refractivity contribution is 6.08. The molecule has 0 saturated heterocycles. The van der Waals surface area contributed by atoms with Crippen molar-refractivity contribution in [3.8, 4) is 0 Å². The lowest BCUT2D eigenvalue weighted by atomic mass is 10.2. The van der Waals surface area contributed by atoms with Gasteiger partial charge in [0.2, 0.25) is 0 Å². The predicted octanol–water partition coefficient (Wildman–Crippen LogP) is 3.64. The van der Waals surface area contributed by atoms with Gasteiger partial charge in [0, 0.05) is 23.8 Å². The van der Waals surface area contributed by atoms with Gasteiger partial charge in [-0.05, 0) is 30.2 Å². The van der Waals surface area contributed by atoms with Gasteiger partial charge in [-0.15, -0.1) is 0 Å². The number of pyridine rings is 1. The predicted molar refractivity (Wildman–Crippen MR) is 90.6 cm³/mol. The van der Waals surface area contributed by atoms with E-state index in [1.165, 1.54) is 5.56 Å². The number of nitrogens with zero attached hydrogens (tertiary/aromatic N) is 2. The second-order valence-corrected chi connectivity index (χ2v) is 5.38. The molecule has 108 valence electrons. The molecule has 22 heavy (non-hydrogen) atoms. The van der Waals surface area contributed by atoms with E-state index in [1.807, 2.05) is 47.4 Å². The molecule has 0 fully saturated rings. The van der Waals surface area contributed by atoms with Gasteiger partial charge in [-0.3, -0.25) is 10.4 Å². The third-order valence-electron chi connectivity index (χ3n) is 4.04. The average Bonchev–Trinajstić information content (AvgIpc) is 2.99. The summed E-state index contributed by atoms with van der Waals surface area (Å²) in [5.74, 6) is 0.392. The number of aromatic nitrogens is 1. The fourth-order valence-corrected chi connectivity index (χ4v) is 2.97. The summed E-state index contributed by atoms with van der Waals surface area (Å²) in [7, 11) is 0. The number of anilines is 2. The van der Waals surface area contributed by atoms with Crippen LogP contribution in [-0.2, 0) is 6.42 Å². The number of nitrogens with one attached hydrogen (secondary N) is 2. The normalized spacial score (nSPS) is 13.2. The fraction of sp³-hybridized carbons (Fsp3) is 0.111. The molecule has 1 aromatic heterocycles. The molecule has 0 radical (unpaired) electrons. The van der Waals surface area contributed by atoms with Crippen molar-refractivity contribution in [3.05, 3.63) is 66.4 Å². The van der Waals surface area contributed by atoms with Crippen LogP contribution in [0.5, 0.6) is 0 Å². The first-order valence-corrected chi connectivity index (χ1v) is 7.38. The van der Waals surface area contributed by atoms with Crippen molar-refractivity contribution >= 4 is 28.2 Å². The molecule has 2 aromatic carbocycles. The Labute approximate surface area is 128 Å². The van der Waals surface area contributed by atoms with Crippen LogP contribution in [0, 0.1) is 5.41 Å². The zero-order valence-electron chi connectivity index (χ0n) is 12.1. The average molecular weight is 288 g/mol. The Balaban J connectivity index is 1.65. The maximum atomic E-state index is 8.42. The lowest BCUT2D eigenvalue weighted by Crippen LogP contribution is -2.34. The number of rotatable bonds is 1. The van der Waals surface area contributed by atoms with Gasteiger partial charge in [0.1, 0.15) is 0 Å². The zero-order valence-corrected chi connectivity index (χ0v) is 12.1. The summed E-state index contributed by atoms with van der Waals surface area (Å²) in [6.45, 7) is 0.837. The summed E-state index contributed by atoms with van der Waals surface area (Å²) in [5.41, 5.74) is 4.17. The Morgan fingerprint density at radius 1 is 1.05 bits per heavy atom. The van der Waals surface area contributed by atoms with Crippen molar-refractivity contribution in [2.24, 2.45) is 0 Å². The van der Waals surface area contributed by atoms with Gasteiger partial charge < -0.3 is 10.2 Å². The highest BCUT2D eigenvalue weighted by Crippen LogP contribution is 2.28. The van der Waals surface area contributed by atoms with Gasteiger partial charge in [0.05, 0.1) is 11.2 Å². The highest BCUT2D eigenvalue weighted by Gasteiger charge is 2.22. The molecular formula is C18H16N4. The highest BCUT2D eigenvalue weighted by atomic mass is 15.3. The van der Waals surface area contributed by atoms with Crippen molar-refractivity contribution in [3.63, 3.8) is 0 Å². The van der Waals surface area contributed by atoms with Crippen LogP contribution < -0.4 is 10.2 Å². The van der Waals surface area contributed by atoms with E-state index < -0.39 is 0 Å². The van der Waals surface area contributed by atoms with Gasteiger partial charge in [0.25, 0.3) is 0 Å². The van der Waals surface area contributed by atoms with Crippen LogP contribution >= 0.6 is 0 Å². The monoisotopic (exact) mass is 288 g/mol. The second-order valence-electron chi connectivity index (χ2n) is 5.38. The largest absolute Gasteiger partial charge is 0.324 e. The molecule has 3 aromatic rings. The van der Waals surface area contributed by atoms with Crippen LogP contribution in [0.4, 0.5) is 11.4 Å². The molecule has 2 N–H and O–H groups in total. The van der Waals surface area contributed by atoms with E-state index in [0.29, 0.717) is 5.96 Å². The van der Waals surface area contributed by atoms with Gasteiger partial charge >= 0.3 is 0 Å². The lowest BCUT2D eigenvalue weighted by molar-refractivity contribution is 1.01. The molecule has 0 unspecified atom stereocenters. The maximum absolute atomic E-state index is 8.42. The quantitative estimate of drug-likeness (QED) is 0.531. The molecule has 0 saturated carbocycles. The van der Waals surface area contributed by atoms with Crippen LogP contribution in [0.3, 0.4) is 0 Å². The molecule has 0 atom stereocenters. The third-order valence-corrected chi connectivity index (χ3v) is 4.04. The summed E-state index contributed by atoms with van der Waals surface area (Å²) < 4.78 is 0. The van der Waals surface area contributed by atoms with Crippen LogP contribution in [0.2, 0.25) is 0 Å². The van der Waals surface area contributed by atoms with Crippen LogP contribution in [0.25, 0.3) is 10.9 Å². The first-order chi connectivity index (χ1) is 10.8. The van der Waals surface area contributed by atoms with E-state index in [-0.39, 0.29) is 0 Å². The van der Waals surface area contributed by atoms with Crippen LogP contribution in [0.15, 0.2) is 60.8 Å². The molecule has 1 aliphatic rings. The second kappa shape index (κ2) is 5.15. The molecular weight excluding hydrogens is 272 g/mol. The number of benzene rings is 2. The number of para-hydroxylation sites is 2. The minimum Gasteiger partial charge on any atom is -0.324 e. The smallest absolute Gasteiger partial charge is 0.200 e. The molecule has 0 aliphatic carbocycles. The van der Waals surface area contributed by atoms with E-state index in [1.54, 1.807) is 6.20 Å². The van der Waals surface area contributed by atoms with E-state index in [9.17, 15) is 0 Å². The Bertz CT molecular complexity index is 851. The van der Waals surface area contributed by atoms with Crippen LogP contribution in [-0.4, -0.2) is 17.5 Å². The topological polar surface area (TPSA) is 52.0 Å². The molecule has 0 spiro atoms. The number of guanidine groups is 1. The SMILES string of the molecule is N=C(Nc1cccc2cccnc12)N1CCc2ccccc21.